The fourth-order valence-electron chi connectivity index (χ4n) is 2.08. The number of carbonyl (C=O) groups is 1. The van der Waals surface area contributed by atoms with Crippen molar-refractivity contribution in [3.63, 3.8) is 0 Å². The summed E-state index contributed by atoms with van der Waals surface area (Å²) in [6.07, 6.45) is 5.77. The Hall–Kier alpha value is -1.36. The molecule has 0 N–H and O–H groups in total. The Labute approximate surface area is 105 Å². The maximum Gasteiger partial charge on any atom is 0.328 e. The van der Waals surface area contributed by atoms with Gasteiger partial charge in [-0.3, -0.25) is 0 Å². The van der Waals surface area contributed by atoms with Gasteiger partial charge in [0, 0.05) is 6.54 Å². The zero-order valence-corrected chi connectivity index (χ0v) is 10.4. The standard InChI is InChI=1S/C11H14ClN3O2/c1-17-11(16)9-4-2-3-5-15(9)10-8(12)6-13-7-14-10/h6-7,9H,2-5H2,1H3. The third-order valence-electron chi connectivity index (χ3n) is 2.90. The molecular formula is C11H14ClN3O2. The molecule has 2 rings (SSSR count). The first-order valence-electron chi connectivity index (χ1n) is 5.54. The Morgan fingerprint density at radius 3 is 3.12 bits per heavy atom. The summed E-state index contributed by atoms with van der Waals surface area (Å²) in [5, 5.41) is 0.461. The molecular weight excluding hydrogens is 242 g/mol. The van der Waals surface area contributed by atoms with E-state index in [4.69, 9.17) is 16.3 Å². The van der Waals surface area contributed by atoms with E-state index >= 15 is 0 Å². The summed E-state index contributed by atoms with van der Waals surface area (Å²) in [5.74, 6) is 0.371. The Bertz CT molecular complexity index is 413. The van der Waals surface area contributed by atoms with Gasteiger partial charge in [-0.1, -0.05) is 11.6 Å². The predicted molar refractivity (Wildman–Crippen MR) is 64.0 cm³/mol. The van der Waals surface area contributed by atoms with Crippen molar-refractivity contribution in [2.24, 2.45) is 0 Å². The molecule has 0 aromatic carbocycles. The molecule has 0 aliphatic carbocycles. The Balaban J connectivity index is 2.28. The first kappa shape index (κ1) is 12.1. The molecule has 6 heteroatoms. The van der Waals surface area contributed by atoms with Gasteiger partial charge in [0.1, 0.15) is 17.4 Å². The Morgan fingerprint density at radius 1 is 1.59 bits per heavy atom. The zero-order chi connectivity index (χ0) is 12.3. The minimum atomic E-state index is -0.291. The number of anilines is 1. The summed E-state index contributed by atoms with van der Waals surface area (Å²) in [7, 11) is 1.40. The average Bonchev–Trinajstić information content (AvgIpc) is 2.38. The van der Waals surface area contributed by atoms with Crippen LogP contribution in [0.1, 0.15) is 19.3 Å². The highest BCUT2D eigenvalue weighted by molar-refractivity contribution is 6.32. The molecule has 1 fully saturated rings. The summed E-state index contributed by atoms with van der Waals surface area (Å²) in [5.41, 5.74) is 0. The van der Waals surface area contributed by atoms with Crippen molar-refractivity contribution >= 4 is 23.4 Å². The topological polar surface area (TPSA) is 55.3 Å². The summed E-state index contributed by atoms with van der Waals surface area (Å²) >= 11 is 6.05. The molecule has 1 unspecified atom stereocenters. The Morgan fingerprint density at radius 2 is 2.41 bits per heavy atom. The molecule has 0 bridgehead atoms. The fourth-order valence-corrected chi connectivity index (χ4v) is 2.30. The molecule has 0 amide bonds. The van der Waals surface area contributed by atoms with Gasteiger partial charge in [0.2, 0.25) is 0 Å². The van der Waals surface area contributed by atoms with E-state index in [9.17, 15) is 4.79 Å². The summed E-state index contributed by atoms with van der Waals surface area (Å²) < 4.78 is 4.81. The van der Waals surface area contributed by atoms with Crippen LogP contribution in [0.5, 0.6) is 0 Å². The number of esters is 1. The molecule has 0 spiro atoms. The number of nitrogens with zero attached hydrogens (tertiary/aromatic N) is 3. The minimum Gasteiger partial charge on any atom is -0.467 e. The summed E-state index contributed by atoms with van der Waals surface area (Å²) in [4.78, 5) is 21.6. The van der Waals surface area contributed by atoms with E-state index in [1.54, 1.807) is 0 Å². The molecule has 92 valence electrons. The maximum atomic E-state index is 11.7. The van der Waals surface area contributed by atoms with Crippen LogP contribution in [0, 0.1) is 0 Å². The van der Waals surface area contributed by atoms with Crippen LogP contribution in [0.2, 0.25) is 5.02 Å². The number of aromatic nitrogens is 2. The number of methoxy groups -OCH3 is 1. The molecule has 0 saturated carbocycles. The second-order valence-corrected chi connectivity index (χ2v) is 4.33. The van der Waals surface area contributed by atoms with E-state index in [1.807, 2.05) is 4.90 Å². The Kier molecular flexibility index (Phi) is 3.78. The van der Waals surface area contributed by atoms with Crippen molar-refractivity contribution in [1.82, 2.24) is 9.97 Å². The van der Waals surface area contributed by atoms with Crippen LogP contribution in [-0.4, -0.2) is 35.6 Å². The molecule has 2 heterocycles. The van der Waals surface area contributed by atoms with Crippen LogP contribution < -0.4 is 4.90 Å². The summed E-state index contributed by atoms with van der Waals surface area (Å²) in [6.45, 7) is 0.760. The molecule has 1 aromatic heterocycles. The van der Waals surface area contributed by atoms with Crippen LogP contribution in [-0.2, 0) is 9.53 Å². The van der Waals surface area contributed by atoms with E-state index in [1.165, 1.54) is 19.6 Å². The largest absolute Gasteiger partial charge is 0.467 e. The molecule has 1 aliphatic heterocycles. The second-order valence-electron chi connectivity index (χ2n) is 3.92. The lowest BCUT2D eigenvalue weighted by Crippen LogP contribution is -2.46. The molecule has 1 aliphatic rings. The number of piperidine rings is 1. The van der Waals surface area contributed by atoms with Crippen molar-refractivity contribution in [2.75, 3.05) is 18.6 Å². The van der Waals surface area contributed by atoms with E-state index in [0.29, 0.717) is 10.8 Å². The highest BCUT2D eigenvalue weighted by Gasteiger charge is 2.31. The van der Waals surface area contributed by atoms with Gasteiger partial charge in [-0.25, -0.2) is 14.8 Å². The predicted octanol–water partition coefficient (Wildman–Crippen LogP) is 1.66. The van der Waals surface area contributed by atoms with Crippen molar-refractivity contribution in [3.05, 3.63) is 17.5 Å². The van der Waals surface area contributed by atoms with Crippen LogP contribution in [0.4, 0.5) is 5.82 Å². The van der Waals surface area contributed by atoms with Gasteiger partial charge in [0.05, 0.1) is 13.3 Å². The molecule has 0 radical (unpaired) electrons. The molecule has 1 atom stereocenters. The van der Waals surface area contributed by atoms with Crippen LogP contribution >= 0.6 is 11.6 Å². The second kappa shape index (κ2) is 5.31. The number of halogens is 1. The highest BCUT2D eigenvalue weighted by Crippen LogP contribution is 2.28. The zero-order valence-electron chi connectivity index (χ0n) is 9.60. The van der Waals surface area contributed by atoms with Gasteiger partial charge in [-0.2, -0.15) is 0 Å². The van der Waals surface area contributed by atoms with E-state index < -0.39 is 0 Å². The van der Waals surface area contributed by atoms with Crippen molar-refractivity contribution < 1.29 is 9.53 Å². The number of ether oxygens (including phenoxy) is 1. The van der Waals surface area contributed by atoms with E-state index in [2.05, 4.69) is 9.97 Å². The maximum absolute atomic E-state index is 11.7. The third-order valence-corrected chi connectivity index (χ3v) is 3.16. The lowest BCUT2D eigenvalue weighted by molar-refractivity contribution is -0.142. The van der Waals surface area contributed by atoms with Gasteiger partial charge < -0.3 is 9.64 Å². The number of hydrogen-bond acceptors (Lipinski definition) is 5. The highest BCUT2D eigenvalue weighted by atomic mass is 35.5. The quantitative estimate of drug-likeness (QED) is 0.753. The van der Waals surface area contributed by atoms with Crippen molar-refractivity contribution in [3.8, 4) is 0 Å². The first-order valence-corrected chi connectivity index (χ1v) is 5.92. The number of carbonyl (C=O) groups excluding carboxylic acids is 1. The SMILES string of the molecule is COC(=O)C1CCCCN1c1ncncc1Cl. The van der Waals surface area contributed by atoms with Gasteiger partial charge in [0.25, 0.3) is 0 Å². The lowest BCUT2D eigenvalue weighted by Gasteiger charge is -2.34. The summed E-state index contributed by atoms with van der Waals surface area (Å²) in [6, 6.07) is -0.291. The van der Waals surface area contributed by atoms with Crippen LogP contribution in [0.3, 0.4) is 0 Å². The van der Waals surface area contributed by atoms with Gasteiger partial charge in [-0.05, 0) is 19.3 Å². The van der Waals surface area contributed by atoms with Gasteiger partial charge in [-0.15, -0.1) is 0 Å². The van der Waals surface area contributed by atoms with Gasteiger partial charge in [0.15, 0.2) is 5.82 Å². The first-order chi connectivity index (χ1) is 8.24. The molecule has 17 heavy (non-hydrogen) atoms. The minimum absolute atomic E-state index is 0.237. The monoisotopic (exact) mass is 255 g/mol. The fraction of sp³-hybridized carbons (Fsp3) is 0.545. The van der Waals surface area contributed by atoms with Gasteiger partial charge >= 0.3 is 5.97 Å². The normalized spacial score (nSPS) is 20.1. The number of rotatable bonds is 2. The lowest BCUT2D eigenvalue weighted by atomic mass is 10.0. The molecule has 1 aromatic rings. The van der Waals surface area contributed by atoms with Crippen LogP contribution in [0.25, 0.3) is 0 Å². The van der Waals surface area contributed by atoms with E-state index in [0.717, 1.165) is 25.8 Å². The average molecular weight is 256 g/mol. The third kappa shape index (κ3) is 2.49. The van der Waals surface area contributed by atoms with Crippen molar-refractivity contribution in [1.29, 1.82) is 0 Å². The van der Waals surface area contributed by atoms with Crippen molar-refractivity contribution in [2.45, 2.75) is 25.3 Å². The van der Waals surface area contributed by atoms with Crippen LogP contribution in [0.15, 0.2) is 12.5 Å². The smallest absolute Gasteiger partial charge is 0.328 e. The molecule has 5 nitrogen and oxygen atoms in total. The number of hydrogen-bond donors (Lipinski definition) is 0. The van der Waals surface area contributed by atoms with E-state index in [-0.39, 0.29) is 12.0 Å². The molecule has 1 saturated heterocycles.